The van der Waals surface area contributed by atoms with Crippen LogP contribution in [0.2, 0.25) is 0 Å². The Labute approximate surface area is 98.9 Å². The minimum absolute atomic E-state index is 0.0136. The largest absolute Gasteiger partial charge is 0.460 e. The number of aromatic nitrogens is 4. The fourth-order valence-corrected chi connectivity index (χ4v) is 1.83. The van der Waals surface area contributed by atoms with Gasteiger partial charge >= 0.3 is 5.97 Å². The minimum atomic E-state index is -3.02. The normalized spacial score (nSPS) is 11.4. The number of carbonyl (C=O) groups excluding carboxylic acids is 1. The summed E-state index contributed by atoms with van der Waals surface area (Å²) < 4.78 is 27.8. The number of carbonyl (C=O) groups is 1. The molecule has 9 heteroatoms. The van der Waals surface area contributed by atoms with Crippen LogP contribution in [0.3, 0.4) is 0 Å². The highest BCUT2D eigenvalue weighted by Gasteiger charge is 2.16. The maximum absolute atomic E-state index is 11.4. The highest BCUT2D eigenvalue weighted by atomic mass is 32.2. The van der Waals surface area contributed by atoms with E-state index in [4.69, 9.17) is 4.74 Å². The number of hydrogen-bond donors (Lipinski definition) is 0. The zero-order chi connectivity index (χ0) is 12.9. The van der Waals surface area contributed by atoms with Crippen molar-refractivity contribution in [3.8, 4) is 0 Å². The zero-order valence-corrected chi connectivity index (χ0v) is 10.5. The predicted molar refractivity (Wildman–Crippen MR) is 58.1 cm³/mol. The van der Waals surface area contributed by atoms with Crippen LogP contribution in [0.25, 0.3) is 0 Å². The maximum atomic E-state index is 11.4. The highest BCUT2D eigenvalue weighted by Crippen LogP contribution is 1.99. The van der Waals surface area contributed by atoms with E-state index in [9.17, 15) is 13.2 Å². The number of tetrazole rings is 1. The number of hydrogen-bond acceptors (Lipinski definition) is 7. The molecule has 96 valence electrons. The molecule has 0 spiro atoms. The lowest BCUT2D eigenvalue weighted by Gasteiger charge is -2.03. The van der Waals surface area contributed by atoms with E-state index in [0.717, 1.165) is 6.26 Å². The third-order valence-corrected chi connectivity index (χ3v) is 2.91. The first kappa shape index (κ1) is 13.6. The van der Waals surface area contributed by atoms with Crippen LogP contribution >= 0.6 is 0 Å². The summed E-state index contributed by atoms with van der Waals surface area (Å²) >= 11 is 0. The molecule has 0 fully saturated rings. The summed E-state index contributed by atoms with van der Waals surface area (Å²) in [5, 5.41) is 10.5. The van der Waals surface area contributed by atoms with Crippen molar-refractivity contribution in [3.63, 3.8) is 0 Å². The third-order valence-electron chi connectivity index (χ3n) is 1.87. The molecule has 17 heavy (non-hydrogen) atoms. The monoisotopic (exact) mass is 262 g/mol. The van der Waals surface area contributed by atoms with Crippen LogP contribution in [-0.2, 0) is 21.1 Å². The second-order valence-corrected chi connectivity index (χ2v) is 5.69. The van der Waals surface area contributed by atoms with Crippen LogP contribution in [0.5, 0.6) is 0 Å². The van der Waals surface area contributed by atoms with Crippen LogP contribution < -0.4 is 0 Å². The second kappa shape index (κ2) is 5.71. The molecule has 0 amide bonds. The number of esters is 1. The molecular formula is C8H14N4O4S. The molecule has 0 aliphatic heterocycles. The molecule has 0 atom stereocenters. The van der Waals surface area contributed by atoms with Gasteiger partial charge in [-0.05, 0) is 23.8 Å². The lowest BCUT2D eigenvalue weighted by Crippen LogP contribution is -2.16. The van der Waals surface area contributed by atoms with Crippen molar-refractivity contribution in [1.82, 2.24) is 20.2 Å². The van der Waals surface area contributed by atoms with Crippen molar-refractivity contribution in [3.05, 3.63) is 5.82 Å². The second-order valence-electron chi connectivity index (χ2n) is 3.43. The van der Waals surface area contributed by atoms with E-state index in [-0.39, 0.29) is 24.7 Å². The van der Waals surface area contributed by atoms with Gasteiger partial charge in [0.2, 0.25) is 0 Å². The summed E-state index contributed by atoms with van der Waals surface area (Å²) in [6.45, 7) is 2.17. The number of rotatable bonds is 6. The van der Waals surface area contributed by atoms with Gasteiger partial charge in [0.05, 0.1) is 12.4 Å². The minimum Gasteiger partial charge on any atom is -0.460 e. The Bertz CT molecular complexity index is 481. The van der Waals surface area contributed by atoms with E-state index in [2.05, 4.69) is 15.5 Å². The van der Waals surface area contributed by atoms with Gasteiger partial charge in [-0.15, -0.1) is 5.10 Å². The van der Waals surface area contributed by atoms with Crippen molar-refractivity contribution in [1.29, 1.82) is 0 Å². The summed E-state index contributed by atoms with van der Waals surface area (Å²) in [6, 6.07) is 0. The molecule has 1 aromatic heterocycles. The van der Waals surface area contributed by atoms with Crippen molar-refractivity contribution >= 4 is 15.8 Å². The Morgan fingerprint density at radius 3 is 2.76 bits per heavy atom. The summed E-state index contributed by atoms with van der Waals surface area (Å²) in [6.07, 6.45) is 1.50. The topological polar surface area (TPSA) is 104 Å². The molecule has 0 aliphatic rings. The van der Waals surface area contributed by atoms with Gasteiger partial charge in [-0.1, -0.05) is 0 Å². The number of ether oxygens (including phenoxy) is 1. The Morgan fingerprint density at radius 1 is 1.47 bits per heavy atom. The van der Waals surface area contributed by atoms with Crippen molar-refractivity contribution in [2.24, 2.45) is 0 Å². The highest BCUT2D eigenvalue weighted by molar-refractivity contribution is 7.90. The fourth-order valence-electron chi connectivity index (χ4n) is 1.17. The Hall–Kier alpha value is -1.51. The Morgan fingerprint density at radius 2 is 2.18 bits per heavy atom. The van der Waals surface area contributed by atoms with Crippen molar-refractivity contribution in [2.45, 2.75) is 19.9 Å². The lowest BCUT2D eigenvalue weighted by atomic mass is 10.4. The molecule has 1 heterocycles. The molecule has 0 aliphatic carbocycles. The van der Waals surface area contributed by atoms with Crippen molar-refractivity contribution < 1.29 is 17.9 Å². The molecule has 0 saturated heterocycles. The van der Waals surface area contributed by atoms with Gasteiger partial charge in [0.25, 0.3) is 5.82 Å². The summed E-state index contributed by atoms with van der Waals surface area (Å²) in [4.78, 5) is 11.4. The molecule has 0 aromatic carbocycles. The predicted octanol–water partition coefficient (Wildman–Crippen LogP) is -0.715. The Kier molecular flexibility index (Phi) is 4.55. The van der Waals surface area contributed by atoms with Gasteiger partial charge in [-0.3, -0.25) is 0 Å². The van der Waals surface area contributed by atoms with Crippen LogP contribution in [0.4, 0.5) is 0 Å². The molecule has 0 saturated carbocycles. The van der Waals surface area contributed by atoms with Crippen LogP contribution in [0, 0.1) is 0 Å². The molecule has 8 nitrogen and oxygen atoms in total. The smallest absolute Gasteiger partial charge is 0.378 e. The molecule has 1 rings (SSSR count). The van der Waals surface area contributed by atoms with E-state index in [0.29, 0.717) is 6.42 Å². The number of nitrogens with zero attached hydrogens (tertiary/aromatic N) is 4. The van der Waals surface area contributed by atoms with Crippen LogP contribution in [0.15, 0.2) is 0 Å². The van der Waals surface area contributed by atoms with Gasteiger partial charge in [-0.2, -0.15) is 0 Å². The quantitative estimate of drug-likeness (QED) is 0.623. The van der Waals surface area contributed by atoms with Crippen LogP contribution in [0.1, 0.15) is 24.0 Å². The van der Waals surface area contributed by atoms with E-state index in [1.54, 1.807) is 6.92 Å². The third kappa shape index (κ3) is 4.47. The van der Waals surface area contributed by atoms with Crippen LogP contribution in [-0.4, -0.2) is 53.2 Å². The molecule has 0 radical (unpaired) electrons. The van der Waals surface area contributed by atoms with E-state index in [1.165, 1.54) is 4.68 Å². The zero-order valence-electron chi connectivity index (χ0n) is 9.66. The first-order chi connectivity index (χ1) is 7.94. The van der Waals surface area contributed by atoms with E-state index < -0.39 is 15.8 Å². The molecule has 0 N–H and O–H groups in total. The summed E-state index contributed by atoms with van der Waals surface area (Å²) in [5.74, 6) is -0.605. The first-order valence-electron chi connectivity index (χ1n) is 5.05. The van der Waals surface area contributed by atoms with Gasteiger partial charge in [0.1, 0.15) is 9.84 Å². The molecule has 0 bridgehead atoms. The Balaban J connectivity index is 2.60. The number of sulfone groups is 1. The standard InChI is InChI=1S/C8H14N4O4S/c1-3-16-8(13)7-9-10-11-12(7)5-4-6-17(2,14)15/h3-6H2,1-2H3. The molecular weight excluding hydrogens is 248 g/mol. The number of aryl methyl sites for hydroxylation is 1. The van der Waals surface area contributed by atoms with Gasteiger partial charge in [0, 0.05) is 12.8 Å². The average Bonchev–Trinajstić information content (AvgIpc) is 2.64. The van der Waals surface area contributed by atoms with E-state index in [1.807, 2.05) is 0 Å². The SMILES string of the molecule is CCOC(=O)c1nnnn1CCCS(C)(=O)=O. The van der Waals surface area contributed by atoms with Gasteiger partial charge < -0.3 is 4.74 Å². The van der Waals surface area contributed by atoms with Gasteiger partial charge in [-0.25, -0.2) is 17.9 Å². The van der Waals surface area contributed by atoms with Crippen molar-refractivity contribution in [2.75, 3.05) is 18.6 Å². The van der Waals surface area contributed by atoms with E-state index >= 15 is 0 Å². The fraction of sp³-hybridized carbons (Fsp3) is 0.750. The average molecular weight is 262 g/mol. The summed E-state index contributed by atoms with van der Waals surface area (Å²) in [5.41, 5.74) is 0. The molecule has 1 aromatic rings. The van der Waals surface area contributed by atoms with Gasteiger partial charge in [0.15, 0.2) is 0 Å². The molecule has 0 unspecified atom stereocenters. The maximum Gasteiger partial charge on any atom is 0.378 e. The lowest BCUT2D eigenvalue weighted by molar-refractivity contribution is 0.0504. The first-order valence-corrected chi connectivity index (χ1v) is 7.11. The summed E-state index contributed by atoms with van der Waals surface area (Å²) in [7, 11) is -3.02.